The first-order valence-electron chi connectivity index (χ1n) is 11.3. The summed E-state index contributed by atoms with van der Waals surface area (Å²) in [5.41, 5.74) is 0.479. The average Bonchev–Trinajstić information content (AvgIpc) is 3.53. The summed E-state index contributed by atoms with van der Waals surface area (Å²) in [5, 5.41) is 14.1. The number of nitrogens with zero attached hydrogens (tertiary/aromatic N) is 5. The van der Waals surface area contributed by atoms with Crippen LogP contribution in [0, 0.1) is 0 Å². The molecule has 0 saturated carbocycles. The van der Waals surface area contributed by atoms with Gasteiger partial charge in [0, 0.05) is 29.9 Å². The molecule has 0 bridgehead atoms. The molecule has 0 aliphatic rings. The fourth-order valence-corrected chi connectivity index (χ4v) is 5.12. The zero-order valence-corrected chi connectivity index (χ0v) is 21.0. The number of halogens is 3. The van der Waals surface area contributed by atoms with Crippen LogP contribution in [0.3, 0.4) is 0 Å². The highest BCUT2D eigenvalue weighted by Gasteiger charge is 2.31. The van der Waals surface area contributed by atoms with E-state index in [-0.39, 0.29) is 11.6 Å². The highest BCUT2D eigenvalue weighted by molar-refractivity contribution is 7.98. The molecule has 0 spiro atoms. The molecule has 4 rings (SSSR count). The topological polar surface area (TPSA) is 85.6 Å². The van der Waals surface area contributed by atoms with E-state index in [0.29, 0.717) is 39.5 Å². The Balaban J connectivity index is 1.57. The fourth-order valence-electron chi connectivity index (χ4n) is 3.37. The van der Waals surface area contributed by atoms with Crippen LogP contribution in [0.25, 0.3) is 17.1 Å². The van der Waals surface area contributed by atoms with Gasteiger partial charge in [0.05, 0.1) is 17.0 Å². The van der Waals surface area contributed by atoms with Crippen molar-refractivity contribution in [2.24, 2.45) is 0 Å². The Hall–Kier alpha value is -3.25. The van der Waals surface area contributed by atoms with Gasteiger partial charge in [0.1, 0.15) is 10.7 Å². The Morgan fingerprint density at radius 2 is 2.03 bits per heavy atom. The normalized spacial score (nSPS) is 11.6. The quantitative estimate of drug-likeness (QED) is 0.199. The first-order chi connectivity index (χ1) is 17.4. The number of thioether (sulfide) groups is 1. The lowest BCUT2D eigenvalue weighted by Gasteiger charge is -2.13. The summed E-state index contributed by atoms with van der Waals surface area (Å²) in [6.45, 7) is 2.70. The maximum absolute atomic E-state index is 13.4. The number of nitrogens with one attached hydrogen (secondary N) is 1. The van der Waals surface area contributed by atoms with Gasteiger partial charge in [0.25, 0.3) is 5.91 Å². The lowest BCUT2D eigenvalue weighted by Crippen LogP contribution is -2.24. The molecule has 4 aromatic rings. The number of pyridine rings is 1. The van der Waals surface area contributed by atoms with Crippen LogP contribution >= 0.6 is 23.1 Å². The second-order valence-corrected chi connectivity index (χ2v) is 9.69. The SMILES string of the molecule is CCCCCNC(=O)c1csc(CSc2nnc(-c3cccnc3)n2-c2cccc(C(F)(F)F)c2)n1. The van der Waals surface area contributed by atoms with Crippen LogP contribution in [0.2, 0.25) is 0 Å². The number of amides is 1. The lowest BCUT2D eigenvalue weighted by molar-refractivity contribution is -0.137. The van der Waals surface area contributed by atoms with Crippen LogP contribution in [-0.4, -0.2) is 37.2 Å². The molecule has 3 heterocycles. The molecule has 0 aliphatic carbocycles. The summed E-state index contributed by atoms with van der Waals surface area (Å²) in [4.78, 5) is 20.8. The largest absolute Gasteiger partial charge is 0.416 e. The first-order valence-corrected chi connectivity index (χ1v) is 13.1. The Bertz CT molecular complexity index is 1310. The van der Waals surface area contributed by atoms with Crippen molar-refractivity contribution in [1.82, 2.24) is 30.0 Å². The summed E-state index contributed by atoms with van der Waals surface area (Å²) < 4.78 is 41.7. The first kappa shape index (κ1) is 25.8. The summed E-state index contributed by atoms with van der Waals surface area (Å²) in [7, 11) is 0. The van der Waals surface area contributed by atoms with Crippen molar-refractivity contribution in [1.29, 1.82) is 0 Å². The second-order valence-electron chi connectivity index (χ2n) is 7.81. The molecule has 0 unspecified atom stereocenters. The molecule has 0 fully saturated rings. The standard InChI is InChI=1S/C24H23F3N6OS2/c1-2-3-4-11-29-22(34)19-14-35-20(30-19)15-36-23-32-31-21(16-7-6-10-28-13-16)33(23)18-9-5-8-17(12-18)24(25,26)27/h5-10,12-14H,2-4,11,15H2,1H3,(H,29,34). The number of thiazole rings is 1. The third-order valence-electron chi connectivity index (χ3n) is 5.16. The van der Waals surface area contributed by atoms with Crippen molar-refractivity contribution < 1.29 is 18.0 Å². The number of hydrogen-bond donors (Lipinski definition) is 1. The summed E-state index contributed by atoms with van der Waals surface area (Å²) in [6, 6.07) is 8.50. The maximum atomic E-state index is 13.4. The van der Waals surface area contributed by atoms with Crippen molar-refractivity contribution in [2.45, 2.75) is 43.3 Å². The van der Waals surface area contributed by atoms with E-state index in [1.54, 1.807) is 40.5 Å². The molecule has 188 valence electrons. The number of hydrogen-bond acceptors (Lipinski definition) is 7. The van der Waals surface area contributed by atoms with Gasteiger partial charge in [-0.15, -0.1) is 21.5 Å². The van der Waals surface area contributed by atoms with Gasteiger partial charge in [-0.25, -0.2) is 4.98 Å². The zero-order chi connectivity index (χ0) is 25.5. The summed E-state index contributed by atoms with van der Waals surface area (Å²) >= 11 is 2.62. The molecule has 12 heteroatoms. The van der Waals surface area contributed by atoms with Gasteiger partial charge >= 0.3 is 6.18 Å². The Morgan fingerprint density at radius 3 is 2.78 bits per heavy atom. The van der Waals surface area contributed by atoms with E-state index < -0.39 is 11.7 Å². The minimum absolute atomic E-state index is 0.218. The van der Waals surface area contributed by atoms with Gasteiger partial charge < -0.3 is 5.32 Å². The van der Waals surface area contributed by atoms with E-state index in [2.05, 4.69) is 32.4 Å². The number of aromatic nitrogens is 5. The average molecular weight is 533 g/mol. The molecule has 7 nitrogen and oxygen atoms in total. The predicted molar refractivity (Wildman–Crippen MR) is 133 cm³/mol. The molecule has 1 aromatic carbocycles. The van der Waals surface area contributed by atoms with Gasteiger partial charge in [-0.3, -0.25) is 14.3 Å². The van der Waals surface area contributed by atoms with Gasteiger partial charge in [-0.05, 0) is 36.8 Å². The van der Waals surface area contributed by atoms with Gasteiger partial charge in [-0.1, -0.05) is 37.6 Å². The van der Waals surface area contributed by atoms with E-state index in [4.69, 9.17) is 0 Å². The molecule has 1 amide bonds. The minimum Gasteiger partial charge on any atom is -0.351 e. The van der Waals surface area contributed by atoms with Crippen LogP contribution in [0.5, 0.6) is 0 Å². The molecule has 36 heavy (non-hydrogen) atoms. The van der Waals surface area contributed by atoms with Crippen LogP contribution in [0.4, 0.5) is 13.2 Å². The minimum atomic E-state index is -4.49. The van der Waals surface area contributed by atoms with Crippen LogP contribution in [-0.2, 0) is 11.9 Å². The number of alkyl halides is 3. The maximum Gasteiger partial charge on any atom is 0.416 e. The Labute approximate surface area is 214 Å². The van der Waals surface area contributed by atoms with E-state index in [1.807, 2.05) is 0 Å². The van der Waals surface area contributed by atoms with Crippen molar-refractivity contribution >= 4 is 29.0 Å². The monoisotopic (exact) mass is 532 g/mol. The molecule has 3 aromatic heterocycles. The highest BCUT2D eigenvalue weighted by atomic mass is 32.2. The van der Waals surface area contributed by atoms with Crippen LogP contribution in [0.15, 0.2) is 59.3 Å². The second kappa shape index (κ2) is 11.7. The van der Waals surface area contributed by atoms with E-state index in [0.717, 1.165) is 31.4 Å². The fraction of sp³-hybridized carbons (Fsp3) is 0.292. The van der Waals surface area contributed by atoms with Crippen molar-refractivity contribution in [3.05, 3.63) is 70.4 Å². The number of rotatable bonds is 10. The molecule has 1 N–H and O–H groups in total. The van der Waals surface area contributed by atoms with Crippen molar-refractivity contribution in [3.63, 3.8) is 0 Å². The molecule has 0 saturated heterocycles. The van der Waals surface area contributed by atoms with Gasteiger partial charge in [0.15, 0.2) is 11.0 Å². The summed E-state index contributed by atoms with van der Waals surface area (Å²) in [6.07, 6.45) is 1.73. The number of benzene rings is 1. The van der Waals surface area contributed by atoms with Gasteiger partial charge in [-0.2, -0.15) is 13.2 Å². The molecule has 0 atom stereocenters. The van der Waals surface area contributed by atoms with Gasteiger partial charge in [0.2, 0.25) is 0 Å². The number of carbonyl (C=O) groups excluding carboxylic acids is 1. The third-order valence-corrected chi connectivity index (χ3v) is 7.13. The molecular weight excluding hydrogens is 509 g/mol. The van der Waals surface area contributed by atoms with Crippen molar-refractivity contribution in [3.8, 4) is 17.1 Å². The Kier molecular flexibility index (Phi) is 8.36. The van der Waals surface area contributed by atoms with E-state index in [1.165, 1.54) is 29.2 Å². The molecule has 0 radical (unpaired) electrons. The van der Waals surface area contributed by atoms with Crippen LogP contribution in [0.1, 0.15) is 47.2 Å². The van der Waals surface area contributed by atoms with Crippen LogP contribution < -0.4 is 5.32 Å². The number of unbranched alkanes of at least 4 members (excludes halogenated alkanes) is 2. The van der Waals surface area contributed by atoms with Crippen molar-refractivity contribution in [2.75, 3.05) is 6.54 Å². The zero-order valence-electron chi connectivity index (χ0n) is 19.3. The smallest absolute Gasteiger partial charge is 0.351 e. The molecule has 0 aliphatic heterocycles. The van der Waals surface area contributed by atoms with E-state index in [9.17, 15) is 18.0 Å². The summed E-state index contributed by atoms with van der Waals surface area (Å²) in [5.74, 6) is 0.526. The highest BCUT2D eigenvalue weighted by Crippen LogP contribution is 2.34. The third kappa shape index (κ3) is 6.30. The van der Waals surface area contributed by atoms with E-state index >= 15 is 0 Å². The predicted octanol–water partition coefficient (Wildman–Crippen LogP) is 6.02. The Morgan fingerprint density at radius 1 is 1.17 bits per heavy atom. The lowest BCUT2D eigenvalue weighted by atomic mass is 10.2. The number of carbonyl (C=O) groups is 1. The molecular formula is C24H23F3N6OS2.